The van der Waals surface area contributed by atoms with Crippen molar-refractivity contribution in [1.82, 2.24) is 15.0 Å². The first-order chi connectivity index (χ1) is 12.6. The highest BCUT2D eigenvalue weighted by Gasteiger charge is 2.23. The molecule has 1 rings (SSSR count). The van der Waals surface area contributed by atoms with E-state index in [0.29, 0.717) is 0 Å². The molecule has 0 aliphatic heterocycles. The van der Waals surface area contributed by atoms with Gasteiger partial charge in [0.2, 0.25) is 17.2 Å². The van der Waals surface area contributed by atoms with Gasteiger partial charge in [-0.25, -0.2) is 9.59 Å². The Bertz CT molecular complexity index is 674. The van der Waals surface area contributed by atoms with Gasteiger partial charge in [-0.1, -0.05) is 0 Å². The van der Waals surface area contributed by atoms with Crippen LogP contribution in [0.5, 0.6) is 0 Å². The summed E-state index contributed by atoms with van der Waals surface area (Å²) >= 11 is 5.71. The summed E-state index contributed by atoms with van der Waals surface area (Å²) in [5.74, 6) is -5.74. The molecule has 0 fully saturated rings. The predicted molar refractivity (Wildman–Crippen MR) is 88.7 cm³/mol. The van der Waals surface area contributed by atoms with Crippen LogP contribution in [0.15, 0.2) is 0 Å². The first-order valence-corrected chi connectivity index (χ1v) is 7.80. The van der Waals surface area contributed by atoms with Gasteiger partial charge in [-0.05, 0) is 24.4 Å². The van der Waals surface area contributed by atoms with E-state index in [9.17, 15) is 19.2 Å². The lowest BCUT2D eigenvalue weighted by molar-refractivity contribution is -0.141. The molecule has 0 bridgehead atoms. The van der Waals surface area contributed by atoms with E-state index in [2.05, 4.69) is 25.6 Å². The third-order valence-electron chi connectivity index (χ3n) is 3.10. The number of hydrogen-bond acceptors (Lipinski definition) is 9. The van der Waals surface area contributed by atoms with Crippen molar-refractivity contribution in [2.24, 2.45) is 0 Å². The highest BCUT2D eigenvalue weighted by molar-refractivity contribution is 6.28. The number of carbonyl (C=O) groups is 4. The van der Waals surface area contributed by atoms with Crippen LogP contribution >= 0.6 is 11.6 Å². The molecule has 0 saturated carbocycles. The van der Waals surface area contributed by atoms with E-state index in [1.807, 2.05) is 0 Å². The smallest absolute Gasteiger partial charge is 0.326 e. The molecule has 0 aromatic carbocycles. The number of carboxylic acid groups (broad SMARTS) is 4. The van der Waals surface area contributed by atoms with E-state index in [-0.39, 0.29) is 30.0 Å². The average Bonchev–Trinajstić information content (AvgIpc) is 2.53. The van der Waals surface area contributed by atoms with E-state index >= 15 is 0 Å². The van der Waals surface area contributed by atoms with Gasteiger partial charge in [0.25, 0.3) is 0 Å². The summed E-state index contributed by atoms with van der Waals surface area (Å²) in [6, 6.07) is -2.68. The average molecular weight is 406 g/mol. The van der Waals surface area contributed by atoms with Crippen molar-refractivity contribution in [3.63, 3.8) is 0 Å². The number of rotatable bonds is 12. The van der Waals surface area contributed by atoms with Crippen LogP contribution < -0.4 is 10.6 Å². The monoisotopic (exact) mass is 405 g/mol. The summed E-state index contributed by atoms with van der Waals surface area (Å²) in [7, 11) is 0. The molecule has 1 aromatic heterocycles. The van der Waals surface area contributed by atoms with E-state index in [4.69, 9.17) is 32.0 Å². The van der Waals surface area contributed by atoms with Crippen molar-refractivity contribution in [2.45, 2.75) is 37.8 Å². The molecule has 6 N–H and O–H groups in total. The molecular weight excluding hydrogens is 390 g/mol. The molecule has 0 aliphatic rings. The number of aliphatic carboxylic acids is 4. The van der Waals surface area contributed by atoms with E-state index in [1.165, 1.54) is 0 Å². The number of halogens is 1. The predicted octanol–water partition coefficient (Wildman–Crippen LogP) is -0.0152. The normalized spacial score (nSPS) is 12.6. The van der Waals surface area contributed by atoms with Crippen LogP contribution in [0.2, 0.25) is 5.28 Å². The largest absolute Gasteiger partial charge is 0.481 e. The molecule has 0 amide bonds. The van der Waals surface area contributed by atoms with Crippen molar-refractivity contribution in [3.8, 4) is 0 Å². The third-order valence-corrected chi connectivity index (χ3v) is 3.27. The SMILES string of the molecule is O=C(O)CCC(Nc1nc(Cl)nc(NC(CCC(=O)O)C(=O)O)n1)C(=O)O. The van der Waals surface area contributed by atoms with Crippen LogP contribution in [0.4, 0.5) is 11.9 Å². The molecule has 1 heterocycles. The fourth-order valence-electron chi connectivity index (χ4n) is 1.84. The molecule has 0 saturated heterocycles. The summed E-state index contributed by atoms with van der Waals surface area (Å²) in [5, 5.41) is 39.9. The van der Waals surface area contributed by atoms with Gasteiger partial charge >= 0.3 is 23.9 Å². The van der Waals surface area contributed by atoms with Gasteiger partial charge in [-0.3, -0.25) is 9.59 Å². The van der Waals surface area contributed by atoms with E-state index in [0.717, 1.165) is 0 Å². The zero-order valence-corrected chi connectivity index (χ0v) is 14.4. The molecule has 0 aliphatic carbocycles. The standard InChI is InChI=1S/C13H16ClN5O8/c14-11-17-12(15-5(9(24)25)1-3-7(20)21)19-13(18-11)16-6(10(26)27)2-4-8(22)23/h5-6H,1-4H2,(H,20,21)(H,22,23)(H,24,25)(H,26,27)(H2,15,16,17,18,19). The van der Waals surface area contributed by atoms with Crippen LogP contribution in [-0.2, 0) is 19.2 Å². The lowest BCUT2D eigenvalue weighted by atomic mass is 10.1. The molecule has 2 atom stereocenters. The van der Waals surface area contributed by atoms with E-state index in [1.54, 1.807) is 0 Å². The van der Waals surface area contributed by atoms with Crippen LogP contribution in [0.1, 0.15) is 25.7 Å². The lowest BCUT2D eigenvalue weighted by Crippen LogP contribution is -2.32. The maximum absolute atomic E-state index is 11.2. The summed E-state index contributed by atoms with van der Waals surface area (Å²) in [5.41, 5.74) is 0. The first kappa shape index (κ1) is 21.8. The summed E-state index contributed by atoms with van der Waals surface area (Å²) in [4.78, 5) is 54.7. The Labute approximate surface area is 156 Å². The Morgan fingerprint density at radius 2 is 1.15 bits per heavy atom. The zero-order valence-electron chi connectivity index (χ0n) is 13.6. The van der Waals surface area contributed by atoms with Crippen LogP contribution in [-0.4, -0.2) is 71.3 Å². The number of nitrogens with one attached hydrogen (secondary N) is 2. The molecule has 27 heavy (non-hydrogen) atoms. The minimum atomic E-state index is -1.35. The van der Waals surface area contributed by atoms with Crippen LogP contribution in [0.3, 0.4) is 0 Å². The number of nitrogens with zero attached hydrogens (tertiary/aromatic N) is 3. The van der Waals surface area contributed by atoms with E-state index < -0.39 is 48.8 Å². The Hall–Kier alpha value is -3.22. The molecule has 1 aromatic rings. The molecular formula is C13H16ClN5O8. The lowest BCUT2D eigenvalue weighted by Gasteiger charge is -2.16. The maximum Gasteiger partial charge on any atom is 0.326 e. The highest BCUT2D eigenvalue weighted by Crippen LogP contribution is 2.14. The van der Waals surface area contributed by atoms with Crippen molar-refractivity contribution < 1.29 is 39.6 Å². The fraction of sp³-hybridized carbons (Fsp3) is 0.462. The maximum atomic E-state index is 11.2. The Morgan fingerprint density at radius 3 is 1.44 bits per heavy atom. The molecule has 13 nitrogen and oxygen atoms in total. The molecule has 0 radical (unpaired) electrons. The number of aromatic nitrogens is 3. The second kappa shape index (κ2) is 10.1. The number of carboxylic acids is 4. The van der Waals surface area contributed by atoms with Crippen LogP contribution in [0.25, 0.3) is 0 Å². The molecule has 148 valence electrons. The second-order valence-electron chi connectivity index (χ2n) is 5.19. The Morgan fingerprint density at radius 1 is 0.778 bits per heavy atom. The third kappa shape index (κ3) is 8.13. The summed E-state index contributed by atoms with van der Waals surface area (Å²) < 4.78 is 0. The van der Waals surface area contributed by atoms with Crippen molar-refractivity contribution in [3.05, 3.63) is 5.28 Å². The van der Waals surface area contributed by atoms with Crippen molar-refractivity contribution in [2.75, 3.05) is 10.6 Å². The van der Waals surface area contributed by atoms with Gasteiger partial charge < -0.3 is 31.1 Å². The first-order valence-electron chi connectivity index (χ1n) is 7.42. The molecule has 14 heteroatoms. The van der Waals surface area contributed by atoms with Crippen LogP contribution in [0, 0.1) is 0 Å². The van der Waals surface area contributed by atoms with Gasteiger partial charge in [0, 0.05) is 12.8 Å². The van der Waals surface area contributed by atoms with Gasteiger partial charge in [-0.15, -0.1) is 0 Å². The van der Waals surface area contributed by atoms with Crippen molar-refractivity contribution >= 4 is 47.4 Å². The van der Waals surface area contributed by atoms with Crippen molar-refractivity contribution in [1.29, 1.82) is 0 Å². The second-order valence-corrected chi connectivity index (χ2v) is 5.52. The number of anilines is 2. The fourth-order valence-corrected chi connectivity index (χ4v) is 2.00. The molecule has 0 spiro atoms. The minimum Gasteiger partial charge on any atom is -0.481 e. The zero-order chi connectivity index (χ0) is 20.6. The minimum absolute atomic E-state index is 0.271. The molecule has 2 unspecified atom stereocenters. The quantitative estimate of drug-likeness (QED) is 0.270. The van der Waals surface area contributed by atoms with Gasteiger partial charge in [0.05, 0.1) is 0 Å². The summed E-state index contributed by atoms with van der Waals surface area (Å²) in [6.45, 7) is 0. The Balaban J connectivity index is 2.93. The van der Waals surface area contributed by atoms with Gasteiger partial charge in [-0.2, -0.15) is 15.0 Å². The van der Waals surface area contributed by atoms with Gasteiger partial charge in [0.15, 0.2) is 0 Å². The number of hydrogen-bond donors (Lipinski definition) is 6. The Kier molecular flexibility index (Phi) is 8.13. The summed E-state index contributed by atoms with van der Waals surface area (Å²) in [6.07, 6.45) is -1.39. The highest BCUT2D eigenvalue weighted by atomic mass is 35.5. The topological polar surface area (TPSA) is 212 Å². The van der Waals surface area contributed by atoms with Gasteiger partial charge in [0.1, 0.15) is 12.1 Å².